The highest BCUT2D eigenvalue weighted by molar-refractivity contribution is 9.10. The van der Waals surface area contributed by atoms with E-state index in [1.54, 1.807) is 0 Å². The minimum Gasteiger partial charge on any atom is -0.323 e. The molecule has 0 saturated carbocycles. The predicted molar refractivity (Wildman–Crippen MR) is 84.3 cm³/mol. The predicted octanol–water partition coefficient (Wildman–Crippen LogP) is 4.63. The van der Waals surface area contributed by atoms with Crippen LogP contribution in [0.2, 0.25) is 5.02 Å². The molecule has 0 bridgehead atoms. The summed E-state index contributed by atoms with van der Waals surface area (Å²) >= 11 is 9.28. The molecule has 0 radical (unpaired) electrons. The van der Waals surface area contributed by atoms with Crippen LogP contribution < -0.4 is 5.32 Å². The van der Waals surface area contributed by atoms with Crippen molar-refractivity contribution in [3.8, 4) is 11.4 Å². The quantitative estimate of drug-likeness (QED) is 0.725. The smallest absolute Gasteiger partial charge is 0.246 e. The number of aromatic nitrogens is 3. The van der Waals surface area contributed by atoms with Crippen LogP contribution in [-0.2, 0) is 0 Å². The fourth-order valence-corrected chi connectivity index (χ4v) is 2.27. The van der Waals surface area contributed by atoms with Gasteiger partial charge in [-0.1, -0.05) is 39.7 Å². The van der Waals surface area contributed by atoms with Crippen molar-refractivity contribution < 1.29 is 0 Å². The van der Waals surface area contributed by atoms with Crippen molar-refractivity contribution in [1.82, 2.24) is 15.2 Å². The molecule has 6 heteroatoms. The van der Waals surface area contributed by atoms with Gasteiger partial charge in [-0.3, -0.25) is 5.10 Å². The van der Waals surface area contributed by atoms with Crippen molar-refractivity contribution in [1.29, 1.82) is 0 Å². The number of halogens is 2. The number of anilines is 2. The molecule has 3 aromatic rings. The zero-order chi connectivity index (χ0) is 13.9. The standard InChI is InChI=1S/C14H10BrClN4/c15-10-3-1-2-9(8-10)13-18-14(20-19-13)17-12-6-4-11(16)5-7-12/h1-8H,(H2,17,18,19,20). The van der Waals surface area contributed by atoms with Crippen LogP contribution in [-0.4, -0.2) is 15.2 Å². The molecular weight excluding hydrogens is 340 g/mol. The lowest BCUT2D eigenvalue weighted by atomic mass is 10.2. The summed E-state index contributed by atoms with van der Waals surface area (Å²) in [6.45, 7) is 0. The maximum Gasteiger partial charge on any atom is 0.246 e. The van der Waals surface area contributed by atoms with E-state index in [0.29, 0.717) is 16.8 Å². The summed E-state index contributed by atoms with van der Waals surface area (Å²) in [7, 11) is 0. The summed E-state index contributed by atoms with van der Waals surface area (Å²) < 4.78 is 0.999. The third kappa shape index (κ3) is 3.00. The number of hydrogen-bond donors (Lipinski definition) is 2. The van der Waals surface area contributed by atoms with Crippen LogP contribution in [0.15, 0.2) is 53.0 Å². The van der Waals surface area contributed by atoms with Gasteiger partial charge in [0.25, 0.3) is 0 Å². The van der Waals surface area contributed by atoms with Crippen molar-refractivity contribution in [2.75, 3.05) is 5.32 Å². The topological polar surface area (TPSA) is 53.6 Å². The van der Waals surface area contributed by atoms with Crippen LogP contribution >= 0.6 is 27.5 Å². The second-order valence-electron chi connectivity index (χ2n) is 4.15. The minimum absolute atomic E-state index is 0.516. The molecule has 0 aliphatic rings. The molecule has 0 saturated heterocycles. The van der Waals surface area contributed by atoms with Gasteiger partial charge >= 0.3 is 0 Å². The van der Waals surface area contributed by atoms with Gasteiger partial charge in [0.1, 0.15) is 0 Å². The summed E-state index contributed by atoms with van der Waals surface area (Å²) in [5.41, 5.74) is 1.85. The van der Waals surface area contributed by atoms with Crippen molar-refractivity contribution in [2.24, 2.45) is 0 Å². The average Bonchev–Trinajstić information content (AvgIpc) is 2.90. The van der Waals surface area contributed by atoms with Crippen LogP contribution in [0.4, 0.5) is 11.6 Å². The Morgan fingerprint density at radius 2 is 1.90 bits per heavy atom. The van der Waals surface area contributed by atoms with Crippen LogP contribution in [0.3, 0.4) is 0 Å². The Labute approximate surface area is 129 Å². The fraction of sp³-hybridized carbons (Fsp3) is 0. The van der Waals surface area contributed by atoms with E-state index in [1.807, 2.05) is 48.5 Å². The summed E-state index contributed by atoms with van der Waals surface area (Å²) in [6.07, 6.45) is 0. The van der Waals surface area contributed by atoms with E-state index in [9.17, 15) is 0 Å². The average molecular weight is 350 g/mol. The zero-order valence-corrected chi connectivity index (χ0v) is 12.6. The Hall–Kier alpha value is -1.85. The first kappa shape index (κ1) is 13.1. The maximum atomic E-state index is 5.84. The lowest BCUT2D eigenvalue weighted by Gasteiger charge is -2.00. The number of hydrogen-bond acceptors (Lipinski definition) is 3. The van der Waals surface area contributed by atoms with Gasteiger partial charge in [0.05, 0.1) is 0 Å². The Morgan fingerprint density at radius 1 is 1.10 bits per heavy atom. The minimum atomic E-state index is 0.516. The van der Waals surface area contributed by atoms with Crippen molar-refractivity contribution in [3.05, 3.63) is 58.0 Å². The molecule has 2 N–H and O–H groups in total. The molecule has 0 fully saturated rings. The molecule has 1 aromatic heterocycles. The Bertz CT molecular complexity index is 724. The van der Waals surface area contributed by atoms with Crippen LogP contribution in [0.1, 0.15) is 0 Å². The highest BCUT2D eigenvalue weighted by atomic mass is 79.9. The SMILES string of the molecule is Clc1ccc(Nc2n[nH]c(-c3cccc(Br)c3)n2)cc1. The van der Waals surface area contributed by atoms with Gasteiger partial charge in [-0.25, -0.2) is 0 Å². The number of benzene rings is 2. The fourth-order valence-electron chi connectivity index (χ4n) is 1.74. The van der Waals surface area contributed by atoms with Gasteiger partial charge in [-0.15, -0.1) is 5.10 Å². The van der Waals surface area contributed by atoms with Crippen LogP contribution in [0.25, 0.3) is 11.4 Å². The molecule has 0 aliphatic heterocycles. The molecule has 100 valence electrons. The molecule has 0 amide bonds. The first-order valence-electron chi connectivity index (χ1n) is 5.92. The van der Waals surface area contributed by atoms with Gasteiger partial charge in [0, 0.05) is 20.7 Å². The molecular formula is C14H10BrClN4. The third-order valence-electron chi connectivity index (χ3n) is 2.68. The van der Waals surface area contributed by atoms with Crippen molar-refractivity contribution >= 4 is 39.2 Å². The van der Waals surface area contributed by atoms with Crippen LogP contribution in [0, 0.1) is 0 Å². The molecule has 4 nitrogen and oxygen atoms in total. The number of aromatic amines is 1. The number of nitrogens with one attached hydrogen (secondary N) is 2. The van der Waals surface area contributed by atoms with E-state index in [4.69, 9.17) is 11.6 Å². The van der Waals surface area contributed by atoms with E-state index in [0.717, 1.165) is 15.7 Å². The van der Waals surface area contributed by atoms with Gasteiger partial charge in [-0.2, -0.15) is 4.98 Å². The summed E-state index contributed by atoms with van der Waals surface area (Å²) in [5.74, 6) is 1.23. The third-order valence-corrected chi connectivity index (χ3v) is 3.43. The van der Waals surface area contributed by atoms with E-state index in [1.165, 1.54) is 0 Å². The van der Waals surface area contributed by atoms with Gasteiger partial charge in [0.2, 0.25) is 5.95 Å². The molecule has 0 unspecified atom stereocenters. The van der Waals surface area contributed by atoms with Gasteiger partial charge < -0.3 is 5.32 Å². The van der Waals surface area contributed by atoms with E-state index >= 15 is 0 Å². The Morgan fingerprint density at radius 3 is 2.65 bits per heavy atom. The summed E-state index contributed by atoms with van der Waals surface area (Å²) in [6, 6.07) is 15.2. The second-order valence-corrected chi connectivity index (χ2v) is 5.50. The molecule has 0 spiro atoms. The first-order valence-corrected chi connectivity index (χ1v) is 7.09. The maximum absolute atomic E-state index is 5.84. The Kier molecular flexibility index (Phi) is 3.71. The number of nitrogens with zero attached hydrogens (tertiary/aromatic N) is 2. The molecule has 20 heavy (non-hydrogen) atoms. The summed E-state index contributed by atoms with van der Waals surface area (Å²) in [4.78, 5) is 4.41. The zero-order valence-electron chi connectivity index (χ0n) is 10.3. The molecule has 3 rings (SSSR count). The van der Waals surface area contributed by atoms with E-state index in [2.05, 4.69) is 36.4 Å². The van der Waals surface area contributed by atoms with Gasteiger partial charge in [-0.05, 0) is 36.4 Å². The number of rotatable bonds is 3. The van der Waals surface area contributed by atoms with Crippen LogP contribution in [0.5, 0.6) is 0 Å². The molecule has 2 aromatic carbocycles. The lowest BCUT2D eigenvalue weighted by Crippen LogP contribution is -1.91. The monoisotopic (exact) mass is 348 g/mol. The Balaban J connectivity index is 1.82. The number of H-pyrrole nitrogens is 1. The van der Waals surface area contributed by atoms with Crippen molar-refractivity contribution in [3.63, 3.8) is 0 Å². The first-order chi connectivity index (χ1) is 9.70. The lowest BCUT2D eigenvalue weighted by molar-refractivity contribution is 1.10. The molecule has 0 aliphatic carbocycles. The van der Waals surface area contributed by atoms with E-state index in [-0.39, 0.29) is 0 Å². The van der Waals surface area contributed by atoms with Crippen molar-refractivity contribution in [2.45, 2.75) is 0 Å². The van der Waals surface area contributed by atoms with E-state index < -0.39 is 0 Å². The van der Waals surface area contributed by atoms with Gasteiger partial charge in [0.15, 0.2) is 5.82 Å². The largest absolute Gasteiger partial charge is 0.323 e. The molecule has 1 heterocycles. The summed E-state index contributed by atoms with van der Waals surface area (Å²) in [5, 5.41) is 10.9. The highest BCUT2D eigenvalue weighted by Gasteiger charge is 2.06. The molecule has 0 atom stereocenters. The highest BCUT2D eigenvalue weighted by Crippen LogP contribution is 2.22. The second kappa shape index (κ2) is 5.64. The normalized spacial score (nSPS) is 10.5.